The average molecular weight is 360 g/mol. The van der Waals surface area contributed by atoms with Crippen molar-refractivity contribution in [2.24, 2.45) is 11.8 Å². The predicted octanol–water partition coefficient (Wildman–Crippen LogP) is 3.55. The quantitative estimate of drug-likeness (QED) is 0.729. The summed E-state index contributed by atoms with van der Waals surface area (Å²) in [7, 11) is 0. The van der Waals surface area contributed by atoms with Gasteiger partial charge in [0.05, 0.1) is 24.8 Å². The summed E-state index contributed by atoms with van der Waals surface area (Å²) in [5.41, 5.74) is 1.62. The van der Waals surface area contributed by atoms with Crippen LogP contribution >= 0.6 is 0 Å². The first kappa shape index (κ1) is 19.8. The Hall–Kier alpha value is -2.50. The van der Waals surface area contributed by atoms with Gasteiger partial charge in [-0.25, -0.2) is 9.59 Å². The van der Waals surface area contributed by atoms with E-state index in [0.717, 1.165) is 5.56 Å². The third kappa shape index (κ3) is 5.00. The summed E-state index contributed by atoms with van der Waals surface area (Å²) >= 11 is 0. The van der Waals surface area contributed by atoms with Crippen molar-refractivity contribution in [1.29, 1.82) is 0 Å². The van der Waals surface area contributed by atoms with Crippen molar-refractivity contribution in [3.8, 4) is 5.75 Å². The van der Waals surface area contributed by atoms with E-state index in [1.54, 1.807) is 6.92 Å². The summed E-state index contributed by atoms with van der Waals surface area (Å²) in [4.78, 5) is 24.7. The molecule has 6 nitrogen and oxygen atoms in total. The maximum atomic E-state index is 12.7. The fourth-order valence-corrected chi connectivity index (χ4v) is 2.62. The minimum absolute atomic E-state index is 0.228. The molecule has 142 valence electrons. The second-order valence-corrected chi connectivity index (χ2v) is 7.31. The molecule has 0 radical (unpaired) electrons. The van der Waals surface area contributed by atoms with Gasteiger partial charge in [-0.3, -0.25) is 0 Å². The Morgan fingerprint density at radius 1 is 1.12 bits per heavy atom. The standard InChI is InChI=1S/C20H28N2O4/c1-12(2)10-25-16-9-7-6-8-15(16)18-17(14(5)21-20(24)22-18)19(23)26-11-13(3)4/h6-9,12-13,18H,10-11H2,1-5H3,(H2,21,22,24). The number of amides is 2. The monoisotopic (exact) mass is 360 g/mol. The Labute approximate surface area is 154 Å². The molecular weight excluding hydrogens is 332 g/mol. The molecule has 0 saturated heterocycles. The van der Waals surface area contributed by atoms with E-state index in [2.05, 4.69) is 24.5 Å². The van der Waals surface area contributed by atoms with E-state index in [1.165, 1.54) is 0 Å². The smallest absolute Gasteiger partial charge is 0.338 e. The molecule has 0 saturated carbocycles. The molecule has 0 bridgehead atoms. The van der Waals surface area contributed by atoms with Crippen LogP contribution in [0.4, 0.5) is 4.79 Å². The number of hydrogen-bond acceptors (Lipinski definition) is 4. The minimum Gasteiger partial charge on any atom is -0.493 e. The van der Waals surface area contributed by atoms with E-state index in [1.807, 2.05) is 38.1 Å². The highest BCUT2D eigenvalue weighted by Crippen LogP contribution is 2.33. The molecule has 1 aromatic carbocycles. The van der Waals surface area contributed by atoms with Crippen molar-refractivity contribution >= 4 is 12.0 Å². The highest BCUT2D eigenvalue weighted by Gasteiger charge is 2.34. The van der Waals surface area contributed by atoms with Crippen LogP contribution in [0.15, 0.2) is 35.5 Å². The first-order valence-electron chi connectivity index (χ1n) is 8.96. The normalized spacial score (nSPS) is 17.2. The summed E-state index contributed by atoms with van der Waals surface area (Å²) in [5.74, 6) is 0.798. The number of allylic oxidation sites excluding steroid dienone is 1. The minimum atomic E-state index is -0.619. The number of nitrogens with one attached hydrogen (secondary N) is 2. The molecule has 2 rings (SSSR count). The van der Waals surface area contributed by atoms with Crippen molar-refractivity contribution in [2.75, 3.05) is 13.2 Å². The van der Waals surface area contributed by atoms with Gasteiger partial charge in [0.25, 0.3) is 0 Å². The Kier molecular flexibility index (Phi) is 6.66. The van der Waals surface area contributed by atoms with Crippen LogP contribution in [0.25, 0.3) is 0 Å². The summed E-state index contributed by atoms with van der Waals surface area (Å²) in [5, 5.41) is 5.48. The van der Waals surface area contributed by atoms with Gasteiger partial charge in [-0.15, -0.1) is 0 Å². The van der Waals surface area contributed by atoms with Gasteiger partial charge in [-0.05, 0) is 24.8 Å². The van der Waals surface area contributed by atoms with Crippen LogP contribution in [0.3, 0.4) is 0 Å². The fraction of sp³-hybridized carbons (Fsp3) is 0.500. The number of hydrogen-bond donors (Lipinski definition) is 2. The molecule has 1 heterocycles. The van der Waals surface area contributed by atoms with Crippen LogP contribution in [0, 0.1) is 11.8 Å². The number of para-hydroxylation sites is 1. The second-order valence-electron chi connectivity index (χ2n) is 7.31. The van der Waals surface area contributed by atoms with Crippen LogP contribution in [-0.4, -0.2) is 25.2 Å². The van der Waals surface area contributed by atoms with Crippen molar-refractivity contribution in [1.82, 2.24) is 10.6 Å². The molecule has 1 aromatic rings. The van der Waals surface area contributed by atoms with Crippen molar-refractivity contribution in [2.45, 2.75) is 40.7 Å². The topological polar surface area (TPSA) is 76.7 Å². The van der Waals surface area contributed by atoms with Crippen LogP contribution in [0.5, 0.6) is 5.75 Å². The molecule has 0 aliphatic carbocycles. The first-order valence-corrected chi connectivity index (χ1v) is 8.96. The van der Waals surface area contributed by atoms with Gasteiger partial charge < -0.3 is 20.1 Å². The van der Waals surface area contributed by atoms with Gasteiger partial charge >= 0.3 is 12.0 Å². The molecule has 1 unspecified atom stereocenters. The zero-order valence-corrected chi connectivity index (χ0v) is 16.1. The predicted molar refractivity (Wildman–Crippen MR) is 99.7 cm³/mol. The summed E-state index contributed by atoms with van der Waals surface area (Å²) in [6.07, 6.45) is 0. The maximum Gasteiger partial charge on any atom is 0.338 e. The molecule has 1 aliphatic rings. The Morgan fingerprint density at radius 3 is 2.42 bits per heavy atom. The van der Waals surface area contributed by atoms with Gasteiger partial charge in [-0.1, -0.05) is 45.9 Å². The van der Waals surface area contributed by atoms with Crippen LogP contribution in [0.1, 0.15) is 46.2 Å². The van der Waals surface area contributed by atoms with Gasteiger partial charge in [0.2, 0.25) is 0 Å². The lowest BCUT2D eigenvalue weighted by Crippen LogP contribution is -2.45. The Balaban J connectivity index is 2.37. The van der Waals surface area contributed by atoms with E-state index in [9.17, 15) is 9.59 Å². The van der Waals surface area contributed by atoms with E-state index in [-0.39, 0.29) is 11.9 Å². The molecule has 0 aromatic heterocycles. The SMILES string of the molecule is CC1=C(C(=O)OCC(C)C)C(c2ccccc2OCC(C)C)NC(=O)N1. The molecular formula is C20H28N2O4. The number of carbonyl (C=O) groups excluding carboxylic acids is 2. The summed E-state index contributed by atoms with van der Waals surface area (Å²) in [6, 6.07) is 6.46. The highest BCUT2D eigenvalue weighted by molar-refractivity contribution is 5.95. The number of rotatable bonds is 7. The molecule has 2 N–H and O–H groups in total. The van der Waals surface area contributed by atoms with Crippen molar-refractivity contribution < 1.29 is 19.1 Å². The number of esters is 1. The first-order chi connectivity index (χ1) is 12.3. The lowest BCUT2D eigenvalue weighted by molar-refractivity contribution is -0.140. The molecule has 2 amide bonds. The molecule has 0 spiro atoms. The van der Waals surface area contributed by atoms with Crippen LogP contribution < -0.4 is 15.4 Å². The second kappa shape index (κ2) is 8.74. The zero-order chi connectivity index (χ0) is 19.3. The average Bonchev–Trinajstić information content (AvgIpc) is 2.57. The largest absolute Gasteiger partial charge is 0.493 e. The third-order valence-electron chi connectivity index (χ3n) is 3.84. The molecule has 1 aliphatic heterocycles. The van der Waals surface area contributed by atoms with Gasteiger partial charge in [0.15, 0.2) is 0 Å². The fourth-order valence-electron chi connectivity index (χ4n) is 2.62. The Bertz CT molecular complexity index is 695. The number of carbonyl (C=O) groups is 2. The van der Waals surface area contributed by atoms with Crippen LogP contribution in [0.2, 0.25) is 0 Å². The highest BCUT2D eigenvalue weighted by atomic mass is 16.5. The van der Waals surface area contributed by atoms with E-state index < -0.39 is 12.0 Å². The van der Waals surface area contributed by atoms with Crippen molar-refractivity contribution in [3.63, 3.8) is 0 Å². The Morgan fingerprint density at radius 2 is 1.77 bits per heavy atom. The van der Waals surface area contributed by atoms with Gasteiger partial charge in [0.1, 0.15) is 5.75 Å². The molecule has 0 fully saturated rings. The van der Waals surface area contributed by atoms with Crippen molar-refractivity contribution in [3.05, 3.63) is 41.1 Å². The summed E-state index contributed by atoms with van der Waals surface area (Å²) < 4.78 is 11.3. The number of urea groups is 1. The molecule has 26 heavy (non-hydrogen) atoms. The van der Waals surface area contributed by atoms with Gasteiger partial charge in [0, 0.05) is 11.3 Å². The number of benzene rings is 1. The lowest BCUT2D eigenvalue weighted by Gasteiger charge is -2.29. The maximum absolute atomic E-state index is 12.7. The van der Waals surface area contributed by atoms with E-state index in [4.69, 9.17) is 9.47 Å². The van der Waals surface area contributed by atoms with E-state index >= 15 is 0 Å². The van der Waals surface area contributed by atoms with Crippen LogP contribution in [-0.2, 0) is 9.53 Å². The third-order valence-corrected chi connectivity index (χ3v) is 3.84. The van der Waals surface area contributed by atoms with Gasteiger partial charge in [-0.2, -0.15) is 0 Å². The zero-order valence-electron chi connectivity index (χ0n) is 16.1. The summed E-state index contributed by atoms with van der Waals surface area (Å²) in [6.45, 7) is 10.6. The van der Waals surface area contributed by atoms with E-state index in [0.29, 0.717) is 36.2 Å². The molecule has 1 atom stereocenters. The molecule has 6 heteroatoms. The lowest BCUT2D eigenvalue weighted by atomic mass is 9.94. The number of ether oxygens (including phenoxy) is 2.